The van der Waals surface area contributed by atoms with Crippen molar-refractivity contribution in [2.24, 2.45) is 5.73 Å². The molecule has 0 aliphatic carbocycles. The number of Topliss-reactive ketones (excluding diaryl/α,β-unsaturated/α-hetero) is 1. The van der Waals surface area contributed by atoms with E-state index in [0.29, 0.717) is 11.1 Å². The summed E-state index contributed by atoms with van der Waals surface area (Å²) in [4.78, 5) is 12.3. The standard InChI is InChI=1S/C18H16FNO/c1-13(18(21)15-6-8-17(19)9-7-15)12-16-5-3-2-4-14(16)10-11-20/h2-12H,20H2,1H3/b11-10+,13-12+. The molecule has 0 fully saturated rings. The molecule has 0 radical (unpaired) electrons. The lowest BCUT2D eigenvalue weighted by Gasteiger charge is -2.04. The molecule has 106 valence electrons. The summed E-state index contributed by atoms with van der Waals surface area (Å²) >= 11 is 0. The van der Waals surface area contributed by atoms with Crippen LogP contribution in [-0.2, 0) is 0 Å². The molecule has 2 rings (SSSR count). The quantitative estimate of drug-likeness (QED) is 0.679. The van der Waals surface area contributed by atoms with E-state index in [1.807, 2.05) is 24.3 Å². The Bertz CT molecular complexity index is 699. The fourth-order valence-electron chi connectivity index (χ4n) is 2.03. The molecule has 0 aliphatic rings. The van der Waals surface area contributed by atoms with Crippen LogP contribution in [-0.4, -0.2) is 5.78 Å². The average molecular weight is 281 g/mol. The predicted molar refractivity (Wildman–Crippen MR) is 84.0 cm³/mol. The lowest BCUT2D eigenvalue weighted by atomic mass is 10.00. The Morgan fingerprint density at radius 3 is 2.29 bits per heavy atom. The van der Waals surface area contributed by atoms with Crippen LogP contribution in [0, 0.1) is 5.82 Å². The van der Waals surface area contributed by atoms with Gasteiger partial charge in [0, 0.05) is 5.56 Å². The molecule has 0 atom stereocenters. The highest BCUT2D eigenvalue weighted by atomic mass is 19.1. The second kappa shape index (κ2) is 6.66. The summed E-state index contributed by atoms with van der Waals surface area (Å²) < 4.78 is 12.9. The van der Waals surface area contributed by atoms with Crippen LogP contribution in [0.3, 0.4) is 0 Å². The molecule has 0 bridgehead atoms. The van der Waals surface area contributed by atoms with Gasteiger partial charge in [-0.3, -0.25) is 4.79 Å². The third-order valence-electron chi connectivity index (χ3n) is 3.11. The van der Waals surface area contributed by atoms with Gasteiger partial charge in [0.25, 0.3) is 0 Å². The number of hydrogen-bond donors (Lipinski definition) is 1. The van der Waals surface area contributed by atoms with Crippen molar-refractivity contribution in [3.63, 3.8) is 0 Å². The number of halogens is 1. The van der Waals surface area contributed by atoms with Crippen molar-refractivity contribution >= 4 is 17.9 Å². The molecule has 0 heterocycles. The van der Waals surface area contributed by atoms with E-state index in [-0.39, 0.29) is 11.6 Å². The number of carbonyl (C=O) groups excluding carboxylic acids is 1. The van der Waals surface area contributed by atoms with Crippen LogP contribution in [0.15, 0.2) is 60.3 Å². The van der Waals surface area contributed by atoms with Crippen molar-refractivity contribution in [2.75, 3.05) is 0 Å². The zero-order valence-electron chi connectivity index (χ0n) is 11.7. The van der Waals surface area contributed by atoms with Crippen molar-refractivity contribution in [3.05, 3.63) is 82.8 Å². The van der Waals surface area contributed by atoms with Gasteiger partial charge in [-0.2, -0.15) is 0 Å². The monoisotopic (exact) mass is 281 g/mol. The molecule has 2 nitrogen and oxygen atoms in total. The molecule has 2 N–H and O–H groups in total. The molecule has 0 amide bonds. The van der Waals surface area contributed by atoms with Crippen LogP contribution in [0.5, 0.6) is 0 Å². The summed E-state index contributed by atoms with van der Waals surface area (Å²) in [6, 6.07) is 13.2. The van der Waals surface area contributed by atoms with Crippen molar-refractivity contribution in [3.8, 4) is 0 Å². The molecule has 0 spiro atoms. The van der Waals surface area contributed by atoms with Crippen LogP contribution in [0.4, 0.5) is 4.39 Å². The maximum absolute atomic E-state index is 12.9. The maximum Gasteiger partial charge on any atom is 0.188 e. The van der Waals surface area contributed by atoms with E-state index in [2.05, 4.69) is 0 Å². The molecule has 2 aromatic rings. The van der Waals surface area contributed by atoms with Crippen molar-refractivity contribution in [2.45, 2.75) is 6.92 Å². The molecule has 2 aromatic carbocycles. The lowest BCUT2D eigenvalue weighted by molar-refractivity contribution is 0.103. The minimum atomic E-state index is -0.355. The number of benzene rings is 2. The SMILES string of the molecule is C/C(=C\c1ccccc1/C=C/N)C(=O)c1ccc(F)cc1. The Balaban J connectivity index is 2.33. The Morgan fingerprint density at radius 1 is 1.05 bits per heavy atom. The van der Waals surface area contributed by atoms with Gasteiger partial charge in [-0.1, -0.05) is 24.3 Å². The third kappa shape index (κ3) is 3.66. The number of allylic oxidation sites excluding steroid dienone is 1. The smallest absolute Gasteiger partial charge is 0.188 e. The van der Waals surface area contributed by atoms with E-state index in [1.165, 1.54) is 30.5 Å². The van der Waals surface area contributed by atoms with E-state index in [0.717, 1.165) is 11.1 Å². The molecule has 0 aliphatic heterocycles. The zero-order chi connectivity index (χ0) is 15.2. The van der Waals surface area contributed by atoms with Gasteiger partial charge in [-0.15, -0.1) is 0 Å². The fourth-order valence-corrected chi connectivity index (χ4v) is 2.03. The molecule has 21 heavy (non-hydrogen) atoms. The van der Waals surface area contributed by atoms with Crippen molar-refractivity contribution in [1.29, 1.82) is 0 Å². The first-order valence-corrected chi connectivity index (χ1v) is 6.57. The summed E-state index contributed by atoms with van der Waals surface area (Å²) in [5.74, 6) is -0.479. The van der Waals surface area contributed by atoms with Gasteiger partial charge in [0.05, 0.1) is 0 Å². The number of rotatable bonds is 4. The second-order valence-corrected chi connectivity index (χ2v) is 4.65. The minimum Gasteiger partial charge on any atom is -0.405 e. The van der Waals surface area contributed by atoms with Gasteiger partial charge in [-0.25, -0.2) is 4.39 Å². The molecule has 0 saturated carbocycles. The summed E-state index contributed by atoms with van der Waals surface area (Å²) in [6.07, 6.45) is 5.05. The van der Waals surface area contributed by atoms with E-state index < -0.39 is 0 Å². The molecule has 0 unspecified atom stereocenters. The van der Waals surface area contributed by atoms with Crippen LogP contribution in [0.1, 0.15) is 28.4 Å². The highest BCUT2D eigenvalue weighted by molar-refractivity contribution is 6.11. The summed E-state index contributed by atoms with van der Waals surface area (Å²) in [6.45, 7) is 1.74. The number of carbonyl (C=O) groups is 1. The van der Waals surface area contributed by atoms with Gasteiger partial charge >= 0.3 is 0 Å². The van der Waals surface area contributed by atoms with E-state index in [1.54, 1.807) is 19.1 Å². The molecule has 3 heteroatoms. The van der Waals surface area contributed by atoms with Gasteiger partial charge < -0.3 is 5.73 Å². The Kier molecular flexibility index (Phi) is 4.67. The normalized spacial score (nSPS) is 11.8. The topological polar surface area (TPSA) is 43.1 Å². The van der Waals surface area contributed by atoms with Gasteiger partial charge in [0.2, 0.25) is 0 Å². The fraction of sp³-hybridized carbons (Fsp3) is 0.0556. The second-order valence-electron chi connectivity index (χ2n) is 4.65. The van der Waals surface area contributed by atoms with E-state index >= 15 is 0 Å². The molecular weight excluding hydrogens is 265 g/mol. The van der Waals surface area contributed by atoms with Crippen LogP contribution in [0.25, 0.3) is 12.2 Å². The molecule has 0 aromatic heterocycles. The summed E-state index contributed by atoms with van der Waals surface area (Å²) in [5.41, 5.74) is 8.32. The van der Waals surface area contributed by atoms with E-state index in [4.69, 9.17) is 5.73 Å². The molecule has 0 saturated heterocycles. The number of nitrogens with two attached hydrogens (primary N) is 1. The zero-order valence-corrected chi connectivity index (χ0v) is 11.7. The Morgan fingerprint density at radius 2 is 1.67 bits per heavy atom. The van der Waals surface area contributed by atoms with Crippen LogP contribution in [0.2, 0.25) is 0 Å². The Labute approximate surface area is 123 Å². The largest absolute Gasteiger partial charge is 0.405 e. The number of hydrogen-bond acceptors (Lipinski definition) is 2. The maximum atomic E-state index is 12.9. The Hall–Kier alpha value is -2.68. The van der Waals surface area contributed by atoms with Gasteiger partial charge in [0.15, 0.2) is 5.78 Å². The van der Waals surface area contributed by atoms with Crippen LogP contribution >= 0.6 is 0 Å². The first-order chi connectivity index (χ1) is 10.1. The van der Waals surface area contributed by atoms with Crippen molar-refractivity contribution < 1.29 is 9.18 Å². The predicted octanol–water partition coefficient (Wildman–Crippen LogP) is 4.04. The highest BCUT2D eigenvalue weighted by Gasteiger charge is 2.08. The van der Waals surface area contributed by atoms with E-state index in [9.17, 15) is 9.18 Å². The summed E-state index contributed by atoms with van der Waals surface area (Å²) in [5, 5.41) is 0. The lowest BCUT2D eigenvalue weighted by Crippen LogP contribution is -2.00. The van der Waals surface area contributed by atoms with Gasteiger partial charge in [-0.05, 0) is 66.2 Å². The van der Waals surface area contributed by atoms with Crippen LogP contribution < -0.4 is 5.73 Å². The first kappa shape index (κ1) is 14.7. The third-order valence-corrected chi connectivity index (χ3v) is 3.11. The first-order valence-electron chi connectivity index (χ1n) is 6.57. The van der Waals surface area contributed by atoms with Gasteiger partial charge in [0.1, 0.15) is 5.82 Å². The summed E-state index contributed by atoms with van der Waals surface area (Å²) in [7, 11) is 0. The number of ketones is 1. The average Bonchev–Trinajstić information content (AvgIpc) is 2.49. The van der Waals surface area contributed by atoms with Crippen molar-refractivity contribution in [1.82, 2.24) is 0 Å². The minimum absolute atomic E-state index is 0.124. The highest BCUT2D eigenvalue weighted by Crippen LogP contribution is 2.17. The molecular formula is C18H16FNO.